The molecule has 2 rings (SSSR count). The second-order valence-electron chi connectivity index (χ2n) is 8.90. The summed E-state index contributed by atoms with van der Waals surface area (Å²) in [6.45, 7) is 11.2. The SMILES string of the molecule is CC(=O)O.CC(c1ccc(C(F)(F)Cl)nc1)S(C)=NC#N.CCO/C=C/C(=O)C(F)(F)Cl.N.N#Cc1ccc(C(F)(F)Cl)nc1.[C-]#[N+]/C=C/N(C)C. The fourth-order valence-corrected chi connectivity index (χ4v) is 3.36. The molecule has 52 heavy (non-hydrogen) atoms. The van der Waals surface area contributed by atoms with E-state index in [4.69, 9.17) is 38.6 Å². The highest BCUT2D eigenvalue weighted by Crippen LogP contribution is 2.32. The quantitative estimate of drug-likeness (QED) is 0.0617. The molecule has 2 heterocycles. The van der Waals surface area contributed by atoms with Crippen molar-refractivity contribution in [1.82, 2.24) is 21.0 Å². The maximum atomic E-state index is 12.7. The number of carboxylic acid groups (broad SMARTS) is 1. The van der Waals surface area contributed by atoms with Crippen LogP contribution in [0.2, 0.25) is 0 Å². The third kappa shape index (κ3) is 29.3. The van der Waals surface area contributed by atoms with Gasteiger partial charge in [0.1, 0.15) is 17.5 Å². The van der Waals surface area contributed by atoms with Crippen molar-refractivity contribution in [2.75, 3.05) is 27.0 Å². The standard InChI is InChI=1S/C10H10ClF2N3S.C7H3ClF2N2.C6H7ClF2O2.C5H8N2.C2H4O2.H3N/c1-7(17(2)16-6-14)8-3-4-9(15-5-8)10(11,12)13;8-7(9,10)6-2-1-5(3-11)4-12-6;1-2-11-4-3-5(10)6(7,8)9;1-6-4-5-7(2)3;1-2(3)4;/h3-5,7H,1-2H3;1-2,4H;3-4H,2H2,1H3;4-5H,2-3H3;1H3,(H,3,4);1H3/b;;4-3+;5-4+;;. The van der Waals surface area contributed by atoms with E-state index in [9.17, 15) is 31.1 Å². The minimum absolute atomic E-state index is 0. The molecule has 0 bridgehead atoms. The smallest absolute Gasteiger partial charge is 0.384 e. The van der Waals surface area contributed by atoms with E-state index in [0.717, 1.165) is 31.0 Å². The number of ether oxygens (including phenoxy) is 1. The molecule has 0 spiro atoms. The average molecular weight is 824 g/mol. The Morgan fingerprint density at radius 1 is 1.08 bits per heavy atom. The third-order valence-electron chi connectivity index (χ3n) is 4.63. The molecule has 0 aliphatic carbocycles. The van der Waals surface area contributed by atoms with Crippen molar-refractivity contribution in [3.05, 3.63) is 95.3 Å². The van der Waals surface area contributed by atoms with Gasteiger partial charge in [0.05, 0.1) is 25.0 Å². The van der Waals surface area contributed by atoms with Crippen LogP contribution >= 0.6 is 34.8 Å². The predicted octanol–water partition coefficient (Wildman–Crippen LogP) is 8.71. The van der Waals surface area contributed by atoms with E-state index in [2.05, 4.69) is 47.1 Å². The van der Waals surface area contributed by atoms with Crippen LogP contribution in [0.1, 0.15) is 48.5 Å². The van der Waals surface area contributed by atoms with Crippen LogP contribution in [0, 0.1) is 29.4 Å². The molecule has 0 radical (unpaired) electrons. The number of pyridine rings is 2. The molecule has 0 aromatic carbocycles. The molecule has 0 fully saturated rings. The van der Waals surface area contributed by atoms with Crippen molar-refractivity contribution in [3.8, 4) is 12.3 Å². The molecule has 12 nitrogen and oxygen atoms in total. The van der Waals surface area contributed by atoms with E-state index in [1.807, 2.05) is 25.9 Å². The number of aliphatic carboxylic acids is 1. The lowest BCUT2D eigenvalue weighted by Gasteiger charge is -2.12. The van der Waals surface area contributed by atoms with E-state index in [1.165, 1.54) is 30.6 Å². The summed E-state index contributed by atoms with van der Waals surface area (Å²) in [7, 11) is 3.26. The number of alkyl halides is 9. The highest BCUT2D eigenvalue weighted by atomic mass is 35.5. The first-order valence-electron chi connectivity index (χ1n) is 13.4. The predicted molar refractivity (Wildman–Crippen MR) is 187 cm³/mol. The number of hydrogen-bond acceptors (Lipinski definition) is 10. The second-order valence-corrected chi connectivity index (χ2v) is 12.3. The van der Waals surface area contributed by atoms with E-state index in [0.29, 0.717) is 12.7 Å². The minimum atomic E-state index is -3.83. The molecule has 2 unspecified atom stereocenters. The van der Waals surface area contributed by atoms with Gasteiger partial charge in [-0.25, -0.2) is 4.85 Å². The number of nitrogens with zero attached hydrogens (tertiary/aromatic N) is 7. The summed E-state index contributed by atoms with van der Waals surface area (Å²) in [4.78, 5) is 31.0. The van der Waals surface area contributed by atoms with Crippen molar-refractivity contribution in [3.63, 3.8) is 0 Å². The lowest BCUT2D eigenvalue weighted by molar-refractivity contribution is -0.134. The fourth-order valence-electron chi connectivity index (χ4n) is 2.25. The van der Waals surface area contributed by atoms with Crippen molar-refractivity contribution in [1.29, 1.82) is 10.5 Å². The number of carboxylic acids is 1. The third-order valence-corrected chi connectivity index (χ3v) is 6.87. The van der Waals surface area contributed by atoms with Crippen LogP contribution in [0.5, 0.6) is 0 Å². The lowest BCUT2D eigenvalue weighted by Crippen LogP contribution is -2.18. The Morgan fingerprint density at radius 3 is 1.85 bits per heavy atom. The fraction of sp³-hybridized carbons (Fsp3) is 0.367. The van der Waals surface area contributed by atoms with Gasteiger partial charge in [-0.3, -0.25) is 19.6 Å². The first-order valence-corrected chi connectivity index (χ1v) is 16.2. The Labute approximate surface area is 314 Å². The zero-order chi connectivity index (χ0) is 40.4. The van der Waals surface area contributed by atoms with Gasteiger partial charge in [0.25, 0.3) is 5.97 Å². The van der Waals surface area contributed by atoms with Crippen molar-refractivity contribution in [2.24, 2.45) is 4.36 Å². The molecule has 0 saturated carbocycles. The van der Waals surface area contributed by atoms with Gasteiger partial charge in [0, 0.05) is 44.7 Å². The molecule has 2 aromatic heterocycles. The first kappa shape index (κ1) is 54.3. The summed E-state index contributed by atoms with van der Waals surface area (Å²) in [5, 5.41) is 13.4. The normalized spacial score (nSPS) is 11.7. The molecule has 0 amide bonds. The van der Waals surface area contributed by atoms with E-state index in [1.54, 1.807) is 31.6 Å². The van der Waals surface area contributed by atoms with Crippen LogP contribution in [0.3, 0.4) is 0 Å². The summed E-state index contributed by atoms with van der Waals surface area (Å²) < 4.78 is 82.0. The first-order chi connectivity index (χ1) is 23.4. The number of nitriles is 2. The topological polar surface area (TPSA) is 192 Å². The number of aromatic nitrogens is 2. The van der Waals surface area contributed by atoms with Gasteiger partial charge in [0.2, 0.25) is 12.0 Å². The molecule has 2 atom stereocenters. The van der Waals surface area contributed by atoms with Gasteiger partial charge in [-0.05, 0) is 84.9 Å². The van der Waals surface area contributed by atoms with E-state index in [-0.39, 0.29) is 17.0 Å². The molecule has 22 heteroatoms. The number of rotatable bonds is 9. The maximum Gasteiger partial charge on any atom is 0.384 e. The molecule has 0 aliphatic rings. The Balaban J connectivity index is -0.000000294. The van der Waals surface area contributed by atoms with E-state index < -0.39 is 50.0 Å². The Kier molecular flexibility index (Phi) is 29.4. The van der Waals surface area contributed by atoms with Crippen LogP contribution in [-0.4, -0.2) is 64.1 Å². The number of carbonyl (C=O) groups is 2. The van der Waals surface area contributed by atoms with Gasteiger partial charge in [0.15, 0.2) is 6.20 Å². The molecule has 288 valence electrons. The number of allylic oxidation sites excluding steroid dienone is 1. The van der Waals surface area contributed by atoms with Crippen LogP contribution < -0.4 is 6.15 Å². The van der Waals surface area contributed by atoms with Crippen molar-refractivity contribution < 1.29 is 45.8 Å². The number of halogens is 9. The van der Waals surface area contributed by atoms with Gasteiger partial charge in [-0.15, -0.1) is 0 Å². The summed E-state index contributed by atoms with van der Waals surface area (Å²) in [5.74, 6) is -2.31. The van der Waals surface area contributed by atoms with Gasteiger partial charge < -0.3 is 20.9 Å². The van der Waals surface area contributed by atoms with Crippen molar-refractivity contribution in [2.45, 2.75) is 42.2 Å². The van der Waals surface area contributed by atoms with Crippen molar-refractivity contribution >= 4 is 57.2 Å². The van der Waals surface area contributed by atoms with Crippen LogP contribution in [0.15, 0.2) is 65.8 Å². The van der Waals surface area contributed by atoms with Gasteiger partial charge >= 0.3 is 16.1 Å². The molecule has 0 aliphatic heterocycles. The highest BCUT2D eigenvalue weighted by molar-refractivity contribution is 7.86. The summed E-state index contributed by atoms with van der Waals surface area (Å²) in [6, 6.07) is 6.72. The zero-order valence-corrected chi connectivity index (χ0v) is 31.5. The Morgan fingerprint density at radius 2 is 1.56 bits per heavy atom. The zero-order valence-electron chi connectivity index (χ0n) is 28.4. The molecule has 2 aromatic rings. The maximum absolute atomic E-state index is 12.7. The largest absolute Gasteiger partial charge is 0.501 e. The van der Waals surface area contributed by atoms with E-state index >= 15 is 0 Å². The van der Waals surface area contributed by atoms with Gasteiger partial charge in [-0.2, -0.15) is 41.2 Å². The Bertz CT molecular complexity index is 1560. The number of carbonyl (C=O) groups excluding carboxylic acids is 1. The number of hydrogen-bond donors (Lipinski definition) is 2. The minimum Gasteiger partial charge on any atom is -0.501 e. The van der Waals surface area contributed by atoms with Gasteiger partial charge in [-0.1, -0.05) is 16.8 Å². The molecule has 0 saturated heterocycles. The Hall–Kier alpha value is -4.45. The lowest BCUT2D eigenvalue weighted by atomic mass is 10.2. The summed E-state index contributed by atoms with van der Waals surface area (Å²) in [6.07, 6.45) is 10.5. The summed E-state index contributed by atoms with van der Waals surface area (Å²) in [5.41, 5.74) is -0.0642. The average Bonchev–Trinajstić information content (AvgIpc) is 3.03. The van der Waals surface area contributed by atoms with Crippen LogP contribution in [0.4, 0.5) is 26.3 Å². The molecular formula is C30H35Cl3F6N8O4S. The molecular weight excluding hydrogens is 789 g/mol. The monoisotopic (exact) mass is 822 g/mol. The second kappa shape index (κ2) is 28.2. The summed E-state index contributed by atoms with van der Waals surface area (Å²) >= 11 is 13.9. The van der Waals surface area contributed by atoms with Crippen LogP contribution in [0.25, 0.3) is 4.85 Å². The highest BCUT2D eigenvalue weighted by Gasteiger charge is 2.33. The molecule has 4 N–H and O–H groups in total. The van der Waals surface area contributed by atoms with Crippen LogP contribution in [-0.2, 0) is 35.8 Å². The number of ketones is 1.